The van der Waals surface area contributed by atoms with Gasteiger partial charge in [0.15, 0.2) is 23.1 Å². The lowest BCUT2D eigenvalue weighted by atomic mass is 10.1. The second kappa shape index (κ2) is 4.81. The van der Waals surface area contributed by atoms with E-state index in [-0.39, 0.29) is 23.6 Å². The maximum absolute atomic E-state index is 13.2. The van der Waals surface area contributed by atoms with E-state index < -0.39 is 11.6 Å². The molecular weight excluding hydrogens is 205 g/mol. The molecule has 0 radical (unpaired) electrons. The van der Waals surface area contributed by atoms with E-state index >= 15 is 0 Å². The zero-order valence-electron chi connectivity index (χ0n) is 8.37. The molecule has 0 heterocycles. The predicted molar refractivity (Wildman–Crippen MR) is 49.8 cm³/mol. The van der Waals surface area contributed by atoms with E-state index in [9.17, 15) is 9.50 Å². The number of halogens is 1. The van der Waals surface area contributed by atoms with Gasteiger partial charge in [-0.15, -0.1) is 0 Å². The first-order valence-electron chi connectivity index (χ1n) is 4.15. The number of hydrogen-bond donors (Lipinski definition) is 3. The molecule has 0 saturated carbocycles. The Morgan fingerprint density at radius 1 is 1.40 bits per heavy atom. The molecule has 0 atom stereocenters. The largest absolute Gasteiger partial charge is 0.504 e. The Bertz CT molecular complexity index is 356. The van der Waals surface area contributed by atoms with Crippen LogP contribution in [0.4, 0.5) is 4.39 Å². The van der Waals surface area contributed by atoms with Crippen molar-refractivity contribution in [2.75, 3.05) is 14.2 Å². The van der Waals surface area contributed by atoms with Crippen LogP contribution in [0.2, 0.25) is 0 Å². The van der Waals surface area contributed by atoms with Gasteiger partial charge >= 0.3 is 0 Å². The highest BCUT2D eigenvalue weighted by molar-refractivity contribution is 5.54. The summed E-state index contributed by atoms with van der Waals surface area (Å²) < 4.78 is 23.0. The molecule has 0 aromatic heterocycles. The number of phenols is 1. The van der Waals surface area contributed by atoms with Gasteiger partial charge in [0.25, 0.3) is 0 Å². The molecule has 6 heteroatoms. The second-order valence-corrected chi connectivity index (χ2v) is 2.76. The molecule has 1 aromatic carbocycles. The number of methoxy groups -OCH3 is 2. The van der Waals surface area contributed by atoms with Crippen molar-refractivity contribution >= 4 is 0 Å². The molecule has 5 nitrogen and oxygen atoms in total. The van der Waals surface area contributed by atoms with Gasteiger partial charge in [-0.05, 0) is 0 Å². The minimum atomic E-state index is -0.835. The zero-order chi connectivity index (χ0) is 11.4. The van der Waals surface area contributed by atoms with E-state index in [0.29, 0.717) is 0 Å². The Labute approximate surface area is 86.0 Å². The first kappa shape index (κ1) is 11.5. The number of hydrogen-bond acceptors (Lipinski definition) is 5. The van der Waals surface area contributed by atoms with Crippen LogP contribution in [0.3, 0.4) is 0 Å². The van der Waals surface area contributed by atoms with E-state index in [4.69, 9.17) is 14.7 Å². The van der Waals surface area contributed by atoms with E-state index in [1.54, 1.807) is 0 Å². The van der Waals surface area contributed by atoms with E-state index in [1.165, 1.54) is 14.2 Å². The Kier molecular flexibility index (Phi) is 3.70. The number of phenolic OH excluding ortho intramolecular Hbond substituents is 1. The fourth-order valence-corrected chi connectivity index (χ4v) is 1.27. The number of benzene rings is 1. The molecule has 15 heavy (non-hydrogen) atoms. The normalized spacial score (nSPS) is 10.1. The van der Waals surface area contributed by atoms with Crippen LogP contribution in [-0.4, -0.2) is 24.5 Å². The zero-order valence-corrected chi connectivity index (χ0v) is 8.37. The lowest BCUT2D eigenvalue weighted by molar-refractivity contribution is 0.158. The van der Waals surface area contributed by atoms with Crippen LogP contribution in [0.25, 0.3) is 0 Å². The minimum Gasteiger partial charge on any atom is -0.504 e. The van der Waals surface area contributed by atoms with Gasteiger partial charge in [-0.3, -0.25) is 0 Å². The number of rotatable bonds is 4. The fourth-order valence-electron chi connectivity index (χ4n) is 1.27. The summed E-state index contributed by atoms with van der Waals surface area (Å²) >= 11 is 0. The standard InChI is InChI=1S/C9H12FNO4/c1-14-7-3-6(10)8(12)5(4-11-13)9(7)15-2/h3,11-13H,4H2,1-2H3. The first-order valence-corrected chi connectivity index (χ1v) is 4.15. The molecule has 0 aliphatic rings. The SMILES string of the molecule is COc1cc(F)c(O)c(CNO)c1OC. The number of ether oxygens (including phenoxy) is 2. The molecule has 3 N–H and O–H groups in total. The van der Waals surface area contributed by atoms with Crippen molar-refractivity contribution in [1.29, 1.82) is 0 Å². The van der Waals surface area contributed by atoms with Crippen LogP contribution >= 0.6 is 0 Å². The highest BCUT2D eigenvalue weighted by Crippen LogP contribution is 2.38. The molecule has 0 aliphatic heterocycles. The van der Waals surface area contributed by atoms with Gasteiger partial charge in [-0.2, -0.15) is 0 Å². The molecule has 0 amide bonds. The molecule has 1 aromatic rings. The van der Waals surface area contributed by atoms with Crippen molar-refractivity contribution < 1.29 is 24.2 Å². The summed E-state index contributed by atoms with van der Waals surface area (Å²) in [4.78, 5) is 0. The highest BCUT2D eigenvalue weighted by atomic mass is 19.1. The highest BCUT2D eigenvalue weighted by Gasteiger charge is 2.18. The third kappa shape index (κ3) is 2.11. The first-order chi connectivity index (χ1) is 7.15. The Balaban J connectivity index is 3.35. The monoisotopic (exact) mass is 217 g/mol. The maximum atomic E-state index is 13.2. The molecule has 0 unspecified atom stereocenters. The lowest BCUT2D eigenvalue weighted by Crippen LogP contribution is -2.09. The van der Waals surface area contributed by atoms with Gasteiger partial charge in [0.05, 0.1) is 26.3 Å². The topological polar surface area (TPSA) is 71.0 Å². The molecular formula is C9H12FNO4. The minimum absolute atomic E-state index is 0.0943. The number of hydroxylamine groups is 1. The maximum Gasteiger partial charge on any atom is 0.169 e. The molecule has 0 spiro atoms. The molecule has 0 bridgehead atoms. The smallest absolute Gasteiger partial charge is 0.169 e. The van der Waals surface area contributed by atoms with E-state index in [2.05, 4.69) is 0 Å². The van der Waals surface area contributed by atoms with E-state index in [1.807, 2.05) is 5.48 Å². The summed E-state index contributed by atoms with van der Waals surface area (Å²) in [7, 11) is 2.71. The van der Waals surface area contributed by atoms with Crippen LogP contribution < -0.4 is 15.0 Å². The molecule has 84 valence electrons. The summed E-state index contributed by atoms with van der Waals surface area (Å²) in [6.45, 7) is -0.150. The summed E-state index contributed by atoms with van der Waals surface area (Å²) in [5.74, 6) is -1.08. The third-order valence-corrected chi connectivity index (χ3v) is 1.95. The van der Waals surface area contributed by atoms with E-state index in [0.717, 1.165) is 6.07 Å². The Morgan fingerprint density at radius 2 is 2.07 bits per heavy atom. The molecule has 0 aliphatic carbocycles. The Hall–Kier alpha value is -1.53. The fraction of sp³-hybridized carbons (Fsp3) is 0.333. The Morgan fingerprint density at radius 3 is 2.53 bits per heavy atom. The van der Waals surface area contributed by atoms with Gasteiger partial charge in [0.2, 0.25) is 0 Å². The van der Waals surface area contributed by atoms with Gasteiger partial charge < -0.3 is 19.8 Å². The molecule has 0 fully saturated rings. The number of nitrogens with one attached hydrogen (secondary N) is 1. The predicted octanol–water partition coefficient (Wildman–Crippen LogP) is 1.03. The van der Waals surface area contributed by atoms with Gasteiger partial charge in [-0.25, -0.2) is 9.87 Å². The van der Waals surface area contributed by atoms with Crippen molar-refractivity contribution in [3.8, 4) is 17.2 Å². The van der Waals surface area contributed by atoms with Crippen molar-refractivity contribution in [1.82, 2.24) is 5.48 Å². The van der Waals surface area contributed by atoms with Crippen LogP contribution in [-0.2, 0) is 6.54 Å². The van der Waals surface area contributed by atoms with Crippen molar-refractivity contribution in [2.45, 2.75) is 6.54 Å². The van der Waals surface area contributed by atoms with Crippen LogP contribution in [0, 0.1) is 5.82 Å². The second-order valence-electron chi connectivity index (χ2n) is 2.76. The van der Waals surface area contributed by atoms with Crippen molar-refractivity contribution in [3.63, 3.8) is 0 Å². The quantitative estimate of drug-likeness (QED) is 0.657. The van der Waals surface area contributed by atoms with Crippen LogP contribution in [0.15, 0.2) is 6.07 Å². The summed E-state index contributed by atoms with van der Waals surface area (Å²) in [5.41, 5.74) is 1.91. The third-order valence-electron chi connectivity index (χ3n) is 1.95. The molecule has 0 saturated heterocycles. The number of aromatic hydroxyl groups is 1. The van der Waals surface area contributed by atoms with Gasteiger partial charge in [0, 0.05) is 6.07 Å². The average molecular weight is 217 g/mol. The molecule has 1 rings (SSSR count). The van der Waals surface area contributed by atoms with Crippen molar-refractivity contribution in [3.05, 3.63) is 17.4 Å². The summed E-state index contributed by atoms with van der Waals surface area (Å²) in [6, 6.07) is 1.01. The lowest BCUT2D eigenvalue weighted by Gasteiger charge is -2.14. The summed E-state index contributed by atoms with van der Waals surface area (Å²) in [6.07, 6.45) is 0. The van der Waals surface area contributed by atoms with Crippen LogP contribution in [0.5, 0.6) is 17.2 Å². The van der Waals surface area contributed by atoms with Gasteiger partial charge in [0.1, 0.15) is 0 Å². The van der Waals surface area contributed by atoms with Crippen LogP contribution in [0.1, 0.15) is 5.56 Å². The summed E-state index contributed by atoms with van der Waals surface area (Å²) in [5, 5.41) is 17.9. The average Bonchev–Trinajstić information content (AvgIpc) is 2.24. The van der Waals surface area contributed by atoms with Gasteiger partial charge in [-0.1, -0.05) is 0 Å². The van der Waals surface area contributed by atoms with Crippen molar-refractivity contribution in [2.24, 2.45) is 0 Å².